The lowest BCUT2D eigenvalue weighted by Gasteiger charge is -2.32. The first-order valence-corrected chi connectivity index (χ1v) is 12.5. The van der Waals surface area contributed by atoms with Crippen LogP contribution in [0.4, 0.5) is 0 Å². The van der Waals surface area contributed by atoms with Crippen molar-refractivity contribution in [2.75, 3.05) is 58.8 Å². The van der Waals surface area contributed by atoms with Crippen molar-refractivity contribution >= 4 is 27.7 Å². The molecule has 1 fully saturated rings. The average molecular weight is 428 g/mol. The first-order chi connectivity index (χ1) is 13.5. The third-order valence-electron chi connectivity index (χ3n) is 4.79. The smallest absolute Gasteiger partial charge is 0.243 e. The number of unbranched alkanes of at least 4 members (excludes halogenated alkanes) is 1. The van der Waals surface area contributed by atoms with E-state index in [0.717, 1.165) is 43.8 Å². The normalized spacial score (nSPS) is 16.9. The van der Waals surface area contributed by atoms with Crippen LogP contribution in [0.1, 0.15) is 18.4 Å². The Balaban J connectivity index is 1.99. The van der Waals surface area contributed by atoms with Crippen molar-refractivity contribution in [3.05, 3.63) is 29.8 Å². The van der Waals surface area contributed by atoms with Crippen LogP contribution < -0.4 is 10.6 Å². The second-order valence-corrected chi connectivity index (χ2v) is 9.76. The van der Waals surface area contributed by atoms with Crippen LogP contribution in [0.15, 0.2) is 34.2 Å². The van der Waals surface area contributed by atoms with Gasteiger partial charge in [-0.3, -0.25) is 4.99 Å². The van der Waals surface area contributed by atoms with E-state index in [9.17, 15) is 8.42 Å². The zero-order valence-corrected chi connectivity index (χ0v) is 18.8. The van der Waals surface area contributed by atoms with Crippen molar-refractivity contribution in [2.45, 2.75) is 24.3 Å². The quantitative estimate of drug-likeness (QED) is 0.353. The number of nitrogens with zero attached hydrogens (tertiary/aromatic N) is 3. The fraction of sp³-hybridized carbons (Fsp3) is 0.632. The molecule has 0 atom stereocenters. The van der Waals surface area contributed by atoms with E-state index in [4.69, 9.17) is 0 Å². The molecule has 0 unspecified atom stereocenters. The van der Waals surface area contributed by atoms with Crippen LogP contribution in [0.25, 0.3) is 0 Å². The van der Waals surface area contributed by atoms with Crippen LogP contribution in [-0.4, -0.2) is 82.4 Å². The number of rotatable bonds is 9. The Kier molecular flexibility index (Phi) is 9.57. The molecule has 0 amide bonds. The Hall–Kier alpha value is -1.29. The maximum absolute atomic E-state index is 13.1. The van der Waals surface area contributed by atoms with Gasteiger partial charge in [0.2, 0.25) is 10.0 Å². The van der Waals surface area contributed by atoms with E-state index in [0.29, 0.717) is 30.5 Å². The number of benzene rings is 1. The summed E-state index contributed by atoms with van der Waals surface area (Å²) in [6.45, 7) is 3.83. The number of thioether (sulfide) groups is 1. The number of sulfonamides is 1. The highest BCUT2D eigenvalue weighted by molar-refractivity contribution is 7.98. The van der Waals surface area contributed by atoms with Crippen LogP contribution in [0.2, 0.25) is 0 Å². The van der Waals surface area contributed by atoms with Crippen molar-refractivity contribution in [1.82, 2.24) is 19.8 Å². The molecular weight excluding hydrogens is 394 g/mol. The van der Waals surface area contributed by atoms with Crippen molar-refractivity contribution in [2.24, 2.45) is 4.99 Å². The highest BCUT2D eigenvalue weighted by atomic mass is 32.2. The first-order valence-electron chi connectivity index (χ1n) is 9.69. The monoisotopic (exact) mass is 427 g/mol. The number of nitrogens with one attached hydrogen (secondary N) is 2. The summed E-state index contributed by atoms with van der Waals surface area (Å²) in [4.78, 5) is 6.76. The molecule has 28 heavy (non-hydrogen) atoms. The van der Waals surface area contributed by atoms with Crippen LogP contribution in [0.5, 0.6) is 0 Å². The summed E-state index contributed by atoms with van der Waals surface area (Å²) >= 11 is 1.85. The standard InChI is InChI=1S/C19H33N5O2S2/c1-20-19(21-10-6-7-15-27-3)22-16-17-8-4-5-9-18(17)28(25,26)24-13-11-23(2)12-14-24/h4-5,8-9H,6-7,10-16H2,1-3H3,(H2,20,21,22). The number of likely N-dealkylation sites (N-methyl/N-ethyl adjacent to an activating group) is 1. The SMILES string of the molecule is CN=C(NCCCCSC)NCc1ccccc1S(=O)(=O)N1CCN(C)CC1. The Morgan fingerprint density at radius 2 is 1.86 bits per heavy atom. The summed E-state index contributed by atoms with van der Waals surface area (Å²) in [5, 5.41) is 6.53. The Labute approximate surface area is 174 Å². The Morgan fingerprint density at radius 3 is 2.54 bits per heavy atom. The fourth-order valence-corrected chi connectivity index (χ4v) is 5.18. The number of hydrogen-bond acceptors (Lipinski definition) is 5. The van der Waals surface area contributed by atoms with Crippen LogP contribution in [0.3, 0.4) is 0 Å². The van der Waals surface area contributed by atoms with E-state index in [1.54, 1.807) is 23.5 Å². The second-order valence-electron chi connectivity index (χ2n) is 6.87. The molecule has 0 radical (unpaired) electrons. The van der Waals surface area contributed by atoms with Crippen LogP contribution in [-0.2, 0) is 16.6 Å². The number of aliphatic imine (C=N–C) groups is 1. The Bertz CT molecular complexity index is 732. The largest absolute Gasteiger partial charge is 0.356 e. The van der Waals surface area contributed by atoms with Crippen molar-refractivity contribution in [3.8, 4) is 0 Å². The van der Waals surface area contributed by atoms with Crippen LogP contribution >= 0.6 is 11.8 Å². The predicted octanol–water partition coefficient (Wildman–Crippen LogP) is 1.43. The van der Waals surface area contributed by atoms with Gasteiger partial charge in [-0.05, 0) is 43.5 Å². The predicted molar refractivity (Wildman–Crippen MR) is 119 cm³/mol. The van der Waals surface area contributed by atoms with Gasteiger partial charge in [0.15, 0.2) is 5.96 Å². The number of hydrogen-bond donors (Lipinski definition) is 2. The highest BCUT2D eigenvalue weighted by Gasteiger charge is 2.29. The van der Waals surface area contributed by atoms with E-state index < -0.39 is 10.0 Å². The third kappa shape index (κ3) is 6.65. The van der Waals surface area contributed by atoms with E-state index in [2.05, 4.69) is 26.8 Å². The van der Waals surface area contributed by atoms with Crippen LogP contribution in [0, 0.1) is 0 Å². The zero-order valence-electron chi connectivity index (χ0n) is 17.1. The van der Waals surface area contributed by atoms with E-state index in [1.165, 1.54) is 0 Å². The molecular formula is C19H33N5O2S2. The molecule has 1 aromatic rings. The van der Waals surface area contributed by atoms with Gasteiger partial charge in [-0.1, -0.05) is 18.2 Å². The van der Waals surface area contributed by atoms with E-state index in [1.807, 2.05) is 30.9 Å². The molecule has 0 saturated carbocycles. The molecule has 1 aliphatic rings. The topological polar surface area (TPSA) is 77.0 Å². The molecule has 1 aromatic carbocycles. The van der Waals surface area contributed by atoms with Crippen molar-refractivity contribution < 1.29 is 8.42 Å². The minimum atomic E-state index is -3.49. The maximum Gasteiger partial charge on any atom is 0.243 e. The van der Waals surface area contributed by atoms with Gasteiger partial charge in [-0.2, -0.15) is 16.1 Å². The highest BCUT2D eigenvalue weighted by Crippen LogP contribution is 2.21. The molecule has 0 aliphatic carbocycles. The molecule has 158 valence electrons. The average Bonchev–Trinajstić information content (AvgIpc) is 2.70. The molecule has 1 heterocycles. The lowest BCUT2D eigenvalue weighted by Crippen LogP contribution is -2.47. The molecule has 0 bridgehead atoms. The molecule has 0 spiro atoms. The molecule has 1 saturated heterocycles. The van der Waals surface area contributed by atoms with E-state index >= 15 is 0 Å². The van der Waals surface area contributed by atoms with Gasteiger partial charge in [0.1, 0.15) is 0 Å². The number of piperazine rings is 1. The zero-order chi connectivity index (χ0) is 20.4. The summed E-state index contributed by atoms with van der Waals surface area (Å²) in [6, 6.07) is 7.22. The van der Waals surface area contributed by atoms with Gasteiger partial charge < -0.3 is 15.5 Å². The molecule has 2 N–H and O–H groups in total. The van der Waals surface area contributed by atoms with Gasteiger partial charge in [-0.25, -0.2) is 8.42 Å². The Morgan fingerprint density at radius 1 is 1.14 bits per heavy atom. The van der Waals surface area contributed by atoms with Crippen molar-refractivity contribution in [3.63, 3.8) is 0 Å². The molecule has 7 nitrogen and oxygen atoms in total. The minimum absolute atomic E-state index is 0.377. The van der Waals surface area contributed by atoms with Gasteiger partial charge in [0.25, 0.3) is 0 Å². The lowest BCUT2D eigenvalue weighted by atomic mass is 10.2. The molecule has 0 aromatic heterocycles. The lowest BCUT2D eigenvalue weighted by molar-refractivity contribution is 0.222. The van der Waals surface area contributed by atoms with E-state index in [-0.39, 0.29) is 0 Å². The summed E-state index contributed by atoms with van der Waals surface area (Å²) in [7, 11) is 0.248. The maximum atomic E-state index is 13.1. The van der Waals surface area contributed by atoms with Gasteiger partial charge in [0.05, 0.1) is 4.90 Å². The summed E-state index contributed by atoms with van der Waals surface area (Å²) < 4.78 is 27.9. The fourth-order valence-electron chi connectivity index (χ4n) is 3.05. The summed E-state index contributed by atoms with van der Waals surface area (Å²) in [5.74, 6) is 1.85. The molecule has 9 heteroatoms. The molecule has 1 aliphatic heterocycles. The van der Waals surface area contributed by atoms with Gasteiger partial charge in [-0.15, -0.1) is 0 Å². The first kappa shape index (κ1) is 23.0. The number of guanidine groups is 1. The molecule has 2 rings (SSSR count). The third-order valence-corrected chi connectivity index (χ3v) is 7.49. The van der Waals surface area contributed by atoms with Gasteiger partial charge >= 0.3 is 0 Å². The van der Waals surface area contributed by atoms with Crippen molar-refractivity contribution in [1.29, 1.82) is 0 Å². The summed E-state index contributed by atoms with van der Waals surface area (Å²) in [6.07, 6.45) is 4.36. The van der Waals surface area contributed by atoms with Gasteiger partial charge in [0, 0.05) is 46.3 Å². The summed E-state index contributed by atoms with van der Waals surface area (Å²) in [5.41, 5.74) is 0.756. The minimum Gasteiger partial charge on any atom is -0.356 e. The second kappa shape index (κ2) is 11.6.